The highest BCUT2D eigenvalue weighted by atomic mass is 16.5. The summed E-state index contributed by atoms with van der Waals surface area (Å²) in [6.45, 7) is 0.804. The quantitative estimate of drug-likeness (QED) is 0.326. The van der Waals surface area contributed by atoms with Gasteiger partial charge in [0.2, 0.25) is 0 Å². The normalized spacial score (nSPS) is 11.0. The van der Waals surface area contributed by atoms with Crippen LogP contribution in [0.3, 0.4) is 0 Å². The number of aromatic nitrogens is 1. The molecule has 0 spiro atoms. The van der Waals surface area contributed by atoms with Gasteiger partial charge in [-0.25, -0.2) is 0 Å². The van der Waals surface area contributed by atoms with Gasteiger partial charge in [-0.05, 0) is 41.5 Å². The molecule has 4 rings (SSSR count). The number of amides is 1. The van der Waals surface area contributed by atoms with Gasteiger partial charge < -0.3 is 14.6 Å². The Morgan fingerprint density at radius 1 is 1.03 bits per heavy atom. The second-order valence-electron chi connectivity index (χ2n) is 7.70. The maximum Gasteiger partial charge on any atom is 0.262 e. The topological polar surface area (TPSA) is 90.8 Å². The lowest BCUT2D eigenvalue weighted by atomic mass is 10.1. The number of carbonyl (C=O) groups excluding carboxylic acids is 1. The Bertz CT molecular complexity index is 1450. The van der Waals surface area contributed by atoms with E-state index in [0.29, 0.717) is 18.7 Å². The van der Waals surface area contributed by atoms with Crippen LogP contribution in [0.15, 0.2) is 84.6 Å². The highest BCUT2D eigenvalue weighted by Crippen LogP contribution is 2.25. The molecule has 0 unspecified atom stereocenters. The molecule has 6 nitrogen and oxygen atoms in total. The molecule has 1 aromatic heterocycles. The summed E-state index contributed by atoms with van der Waals surface area (Å²) in [5.41, 5.74) is 4.17. The van der Waals surface area contributed by atoms with Crippen molar-refractivity contribution >= 4 is 22.9 Å². The summed E-state index contributed by atoms with van der Waals surface area (Å²) in [6.07, 6.45) is 3.52. The van der Waals surface area contributed by atoms with Crippen molar-refractivity contribution < 1.29 is 9.53 Å². The van der Waals surface area contributed by atoms with Gasteiger partial charge in [0.05, 0.1) is 18.7 Å². The minimum atomic E-state index is -0.440. The van der Waals surface area contributed by atoms with Crippen LogP contribution in [0.5, 0.6) is 5.75 Å². The van der Waals surface area contributed by atoms with Crippen LogP contribution in [0, 0.1) is 22.7 Å². The number of hydrogen-bond donors (Lipinski definition) is 1. The third-order valence-corrected chi connectivity index (χ3v) is 5.57. The van der Waals surface area contributed by atoms with Crippen molar-refractivity contribution in [3.05, 3.63) is 107 Å². The van der Waals surface area contributed by atoms with Crippen molar-refractivity contribution in [2.45, 2.75) is 13.1 Å². The Morgan fingerprint density at radius 3 is 2.50 bits per heavy atom. The Morgan fingerprint density at radius 2 is 1.76 bits per heavy atom. The van der Waals surface area contributed by atoms with E-state index in [4.69, 9.17) is 4.74 Å². The molecule has 0 saturated heterocycles. The van der Waals surface area contributed by atoms with E-state index in [-0.39, 0.29) is 5.57 Å². The van der Waals surface area contributed by atoms with E-state index < -0.39 is 5.91 Å². The first-order chi connectivity index (χ1) is 16.6. The highest BCUT2D eigenvalue weighted by molar-refractivity contribution is 6.04. The van der Waals surface area contributed by atoms with E-state index in [1.54, 1.807) is 19.3 Å². The molecule has 0 saturated carbocycles. The molecule has 0 bridgehead atoms. The van der Waals surface area contributed by atoms with Gasteiger partial charge in [0.15, 0.2) is 0 Å². The van der Waals surface area contributed by atoms with E-state index in [2.05, 4.69) is 11.4 Å². The van der Waals surface area contributed by atoms with Crippen LogP contribution in [0.4, 0.5) is 0 Å². The van der Waals surface area contributed by atoms with E-state index >= 15 is 0 Å². The SMILES string of the molecule is COc1ccc(CNC(=O)/C(C#N)=C\c2cn(Cc3ccccc3C#N)c3ccccc23)cc1. The van der Waals surface area contributed by atoms with E-state index in [0.717, 1.165) is 33.3 Å². The average Bonchev–Trinajstić information content (AvgIpc) is 3.23. The lowest BCUT2D eigenvalue weighted by molar-refractivity contribution is -0.117. The molecule has 6 heteroatoms. The van der Waals surface area contributed by atoms with Gasteiger partial charge in [-0.1, -0.05) is 48.5 Å². The van der Waals surface area contributed by atoms with Gasteiger partial charge in [-0.15, -0.1) is 0 Å². The average molecular weight is 447 g/mol. The summed E-state index contributed by atoms with van der Waals surface area (Å²) in [4.78, 5) is 12.7. The zero-order valence-electron chi connectivity index (χ0n) is 18.7. The van der Waals surface area contributed by atoms with Crippen molar-refractivity contribution in [3.63, 3.8) is 0 Å². The first-order valence-corrected chi connectivity index (χ1v) is 10.7. The molecule has 3 aromatic carbocycles. The fraction of sp³-hybridized carbons (Fsp3) is 0.107. The number of carbonyl (C=O) groups is 1. The predicted molar refractivity (Wildman–Crippen MR) is 131 cm³/mol. The molecule has 0 radical (unpaired) electrons. The first kappa shape index (κ1) is 22.4. The van der Waals surface area contributed by atoms with Gasteiger partial charge in [-0.2, -0.15) is 10.5 Å². The molecule has 0 atom stereocenters. The summed E-state index contributed by atoms with van der Waals surface area (Å²) < 4.78 is 7.18. The second-order valence-corrected chi connectivity index (χ2v) is 7.70. The van der Waals surface area contributed by atoms with Gasteiger partial charge in [0.1, 0.15) is 17.4 Å². The zero-order chi connectivity index (χ0) is 23.9. The summed E-state index contributed by atoms with van der Waals surface area (Å²) in [7, 11) is 1.60. The largest absolute Gasteiger partial charge is 0.497 e. The molecule has 1 heterocycles. The number of nitrogens with one attached hydrogen (secondary N) is 1. The lowest BCUT2D eigenvalue weighted by Gasteiger charge is -2.07. The predicted octanol–water partition coefficient (Wildman–Crippen LogP) is 4.79. The van der Waals surface area contributed by atoms with E-state index in [1.807, 2.05) is 83.6 Å². The summed E-state index contributed by atoms with van der Waals surface area (Å²) in [6, 6.07) is 26.9. The Labute approximate surface area is 197 Å². The van der Waals surface area contributed by atoms with Crippen molar-refractivity contribution in [1.82, 2.24) is 9.88 Å². The molecular weight excluding hydrogens is 424 g/mol. The molecule has 1 N–H and O–H groups in total. The van der Waals surface area contributed by atoms with Crippen LogP contribution in [0.2, 0.25) is 0 Å². The fourth-order valence-electron chi connectivity index (χ4n) is 3.80. The molecule has 0 fully saturated rings. The third-order valence-electron chi connectivity index (χ3n) is 5.57. The summed E-state index contributed by atoms with van der Waals surface area (Å²) in [5, 5.41) is 22.8. The minimum absolute atomic E-state index is 0.0221. The Kier molecular flexibility index (Phi) is 6.72. The van der Waals surface area contributed by atoms with Gasteiger partial charge in [0.25, 0.3) is 5.91 Å². The standard InChI is InChI=1S/C28H22N4O2/c1-34-25-12-10-20(11-13-25)17-31-28(33)23(16-30)14-24-19-32(27-9-5-4-8-26(24)27)18-22-7-3-2-6-21(22)15-29/h2-14,19H,17-18H2,1H3,(H,31,33)/b23-14-. The van der Waals surface area contributed by atoms with Crippen LogP contribution in [-0.4, -0.2) is 17.6 Å². The molecule has 1 amide bonds. The summed E-state index contributed by atoms with van der Waals surface area (Å²) in [5.74, 6) is 0.298. The fourth-order valence-corrected chi connectivity index (χ4v) is 3.80. The van der Waals surface area contributed by atoms with Gasteiger partial charge in [0, 0.05) is 35.8 Å². The zero-order valence-corrected chi connectivity index (χ0v) is 18.7. The molecule has 0 aliphatic heterocycles. The van der Waals surface area contributed by atoms with Crippen LogP contribution in [-0.2, 0) is 17.9 Å². The smallest absolute Gasteiger partial charge is 0.262 e. The highest BCUT2D eigenvalue weighted by Gasteiger charge is 2.13. The Balaban J connectivity index is 1.60. The van der Waals surface area contributed by atoms with Crippen molar-refractivity contribution in [1.29, 1.82) is 10.5 Å². The molecular formula is C28H22N4O2. The maximum atomic E-state index is 12.7. The maximum absolute atomic E-state index is 12.7. The number of para-hydroxylation sites is 1. The van der Waals surface area contributed by atoms with Crippen LogP contribution < -0.4 is 10.1 Å². The van der Waals surface area contributed by atoms with Crippen molar-refractivity contribution in [2.75, 3.05) is 7.11 Å². The number of fused-ring (bicyclic) bond motifs is 1. The van der Waals surface area contributed by atoms with Gasteiger partial charge in [-0.3, -0.25) is 4.79 Å². The lowest BCUT2D eigenvalue weighted by Crippen LogP contribution is -2.23. The van der Waals surface area contributed by atoms with Crippen LogP contribution in [0.25, 0.3) is 17.0 Å². The first-order valence-electron chi connectivity index (χ1n) is 10.7. The Hall–Kier alpha value is -4.81. The molecule has 4 aromatic rings. The number of rotatable bonds is 7. The van der Waals surface area contributed by atoms with Crippen molar-refractivity contribution in [2.24, 2.45) is 0 Å². The molecule has 166 valence electrons. The number of methoxy groups -OCH3 is 1. The molecule has 34 heavy (non-hydrogen) atoms. The van der Waals surface area contributed by atoms with E-state index in [9.17, 15) is 15.3 Å². The number of hydrogen-bond acceptors (Lipinski definition) is 4. The number of nitriles is 2. The molecule has 0 aliphatic carbocycles. The van der Waals surface area contributed by atoms with Crippen LogP contribution in [0.1, 0.15) is 22.3 Å². The molecule has 0 aliphatic rings. The van der Waals surface area contributed by atoms with E-state index in [1.165, 1.54) is 0 Å². The minimum Gasteiger partial charge on any atom is -0.497 e. The monoisotopic (exact) mass is 446 g/mol. The number of benzene rings is 3. The third kappa shape index (κ3) is 4.82. The van der Waals surface area contributed by atoms with Crippen molar-refractivity contribution in [3.8, 4) is 17.9 Å². The number of ether oxygens (including phenoxy) is 1. The summed E-state index contributed by atoms with van der Waals surface area (Å²) >= 11 is 0. The number of nitrogens with zero attached hydrogens (tertiary/aromatic N) is 3. The second kappa shape index (κ2) is 10.2. The van der Waals surface area contributed by atoms with Gasteiger partial charge >= 0.3 is 0 Å². The van der Waals surface area contributed by atoms with Crippen LogP contribution >= 0.6 is 0 Å².